The molecule has 2 rings (SSSR count). The van der Waals surface area contributed by atoms with Gasteiger partial charge in [0.05, 0.1) is 18.0 Å². The molecule has 0 spiro atoms. The van der Waals surface area contributed by atoms with Gasteiger partial charge in [0.2, 0.25) is 5.91 Å². The Labute approximate surface area is 131 Å². The van der Waals surface area contributed by atoms with E-state index in [0.29, 0.717) is 19.4 Å². The number of hydrogen-bond acceptors (Lipinski definition) is 3. The Bertz CT molecular complexity index is 632. The molecule has 1 N–H and O–H groups in total. The Morgan fingerprint density at radius 2 is 1.95 bits per heavy atom. The molecule has 0 aliphatic carbocycles. The quantitative estimate of drug-likeness (QED) is 0.886. The number of amides is 1. The highest BCUT2D eigenvalue weighted by Crippen LogP contribution is 2.14. The molecule has 0 bridgehead atoms. The van der Waals surface area contributed by atoms with Gasteiger partial charge in [0.15, 0.2) is 0 Å². The Morgan fingerprint density at radius 3 is 2.50 bits per heavy atom. The SMILES string of the molecule is Cc1cc(C)n(-c2ccc(CCC(=O)N(C)CCO)cc2)n1. The predicted molar refractivity (Wildman–Crippen MR) is 86.1 cm³/mol. The average molecular weight is 301 g/mol. The number of hydrogen-bond donors (Lipinski definition) is 1. The van der Waals surface area contributed by atoms with Gasteiger partial charge in [-0.3, -0.25) is 4.79 Å². The Balaban J connectivity index is 1.98. The third-order valence-electron chi connectivity index (χ3n) is 3.68. The molecule has 0 saturated heterocycles. The van der Waals surface area contributed by atoms with Gasteiger partial charge < -0.3 is 10.0 Å². The van der Waals surface area contributed by atoms with Crippen LogP contribution in [0.5, 0.6) is 0 Å². The lowest BCUT2D eigenvalue weighted by Crippen LogP contribution is -2.29. The van der Waals surface area contributed by atoms with Crippen LogP contribution < -0.4 is 0 Å². The molecule has 0 atom stereocenters. The number of benzene rings is 1. The van der Waals surface area contributed by atoms with Gasteiger partial charge in [-0.05, 0) is 44.0 Å². The van der Waals surface area contributed by atoms with Crippen LogP contribution in [0.4, 0.5) is 0 Å². The lowest BCUT2D eigenvalue weighted by atomic mass is 10.1. The summed E-state index contributed by atoms with van der Waals surface area (Å²) in [7, 11) is 1.71. The van der Waals surface area contributed by atoms with Crippen molar-refractivity contribution in [2.75, 3.05) is 20.2 Å². The standard InChI is InChI=1S/C17H23N3O2/c1-13-12-14(2)20(18-13)16-7-4-15(5-8-16)6-9-17(22)19(3)10-11-21/h4-5,7-8,12,21H,6,9-11H2,1-3H3. The maximum atomic E-state index is 11.8. The second kappa shape index (κ2) is 7.22. The van der Waals surface area contributed by atoms with Crippen LogP contribution in [0.1, 0.15) is 23.4 Å². The lowest BCUT2D eigenvalue weighted by molar-refractivity contribution is -0.130. The highest BCUT2D eigenvalue weighted by molar-refractivity contribution is 5.76. The smallest absolute Gasteiger partial charge is 0.222 e. The van der Waals surface area contributed by atoms with E-state index in [4.69, 9.17) is 5.11 Å². The van der Waals surface area contributed by atoms with Crippen molar-refractivity contribution in [1.82, 2.24) is 14.7 Å². The molecule has 1 heterocycles. The summed E-state index contributed by atoms with van der Waals surface area (Å²) in [4.78, 5) is 13.4. The maximum Gasteiger partial charge on any atom is 0.222 e. The fourth-order valence-corrected chi connectivity index (χ4v) is 2.41. The minimum Gasteiger partial charge on any atom is -0.395 e. The Morgan fingerprint density at radius 1 is 1.27 bits per heavy atom. The number of carbonyl (C=O) groups excluding carboxylic acids is 1. The van der Waals surface area contributed by atoms with E-state index in [1.165, 1.54) is 0 Å². The van der Waals surface area contributed by atoms with E-state index in [2.05, 4.69) is 5.10 Å². The molecule has 0 aliphatic heterocycles. The van der Waals surface area contributed by atoms with Crippen molar-refractivity contribution in [2.45, 2.75) is 26.7 Å². The summed E-state index contributed by atoms with van der Waals surface area (Å²) < 4.78 is 1.92. The van der Waals surface area contributed by atoms with Crippen LogP contribution in [0.3, 0.4) is 0 Å². The van der Waals surface area contributed by atoms with Crippen molar-refractivity contribution in [2.24, 2.45) is 0 Å². The summed E-state index contributed by atoms with van der Waals surface area (Å²) in [6, 6.07) is 10.2. The molecule has 0 unspecified atom stereocenters. The van der Waals surface area contributed by atoms with Gasteiger partial charge in [-0.25, -0.2) is 4.68 Å². The van der Waals surface area contributed by atoms with E-state index in [1.54, 1.807) is 11.9 Å². The molecule has 5 heteroatoms. The Hall–Kier alpha value is -2.14. The highest BCUT2D eigenvalue weighted by atomic mass is 16.3. The highest BCUT2D eigenvalue weighted by Gasteiger charge is 2.08. The summed E-state index contributed by atoms with van der Waals surface area (Å²) >= 11 is 0. The van der Waals surface area contributed by atoms with E-state index < -0.39 is 0 Å². The normalized spacial score (nSPS) is 10.7. The maximum absolute atomic E-state index is 11.8. The van der Waals surface area contributed by atoms with E-state index in [1.807, 2.05) is 48.9 Å². The summed E-state index contributed by atoms with van der Waals surface area (Å²) in [5.74, 6) is 0.0525. The molecule has 0 aliphatic rings. The van der Waals surface area contributed by atoms with Crippen LogP contribution in [0.2, 0.25) is 0 Å². The molecule has 118 valence electrons. The lowest BCUT2D eigenvalue weighted by Gasteiger charge is -2.15. The van der Waals surface area contributed by atoms with E-state index in [9.17, 15) is 4.79 Å². The predicted octanol–water partition coefficient (Wildman–Crippen LogP) is 1.87. The summed E-state index contributed by atoms with van der Waals surface area (Å²) in [5.41, 5.74) is 4.25. The van der Waals surface area contributed by atoms with Gasteiger partial charge in [0.1, 0.15) is 0 Å². The molecule has 22 heavy (non-hydrogen) atoms. The van der Waals surface area contributed by atoms with Crippen molar-refractivity contribution in [1.29, 1.82) is 0 Å². The molecule has 5 nitrogen and oxygen atoms in total. The van der Waals surface area contributed by atoms with Crippen molar-refractivity contribution in [3.63, 3.8) is 0 Å². The molecule has 1 aromatic carbocycles. The monoisotopic (exact) mass is 301 g/mol. The molecule has 1 aromatic heterocycles. The number of aromatic nitrogens is 2. The number of carbonyl (C=O) groups is 1. The first kappa shape index (κ1) is 16.2. The zero-order valence-corrected chi connectivity index (χ0v) is 13.4. The first-order valence-corrected chi connectivity index (χ1v) is 7.48. The van der Waals surface area contributed by atoms with Crippen LogP contribution in [0.25, 0.3) is 5.69 Å². The van der Waals surface area contributed by atoms with E-state index >= 15 is 0 Å². The van der Waals surface area contributed by atoms with Gasteiger partial charge in [0, 0.05) is 25.7 Å². The van der Waals surface area contributed by atoms with Crippen molar-refractivity contribution < 1.29 is 9.90 Å². The van der Waals surface area contributed by atoms with Gasteiger partial charge in [-0.2, -0.15) is 5.10 Å². The fraction of sp³-hybridized carbons (Fsp3) is 0.412. The average Bonchev–Trinajstić information content (AvgIpc) is 2.84. The Kier molecular flexibility index (Phi) is 5.33. The van der Waals surface area contributed by atoms with Crippen LogP contribution in [0, 0.1) is 13.8 Å². The topological polar surface area (TPSA) is 58.4 Å². The van der Waals surface area contributed by atoms with Crippen molar-refractivity contribution >= 4 is 5.91 Å². The zero-order chi connectivity index (χ0) is 16.1. The molecule has 0 saturated carbocycles. The second-order valence-corrected chi connectivity index (χ2v) is 5.54. The van der Waals surface area contributed by atoms with Crippen LogP contribution in [-0.2, 0) is 11.2 Å². The largest absolute Gasteiger partial charge is 0.395 e. The molecular formula is C17H23N3O2. The molecule has 1 amide bonds. The number of nitrogens with zero attached hydrogens (tertiary/aromatic N) is 3. The van der Waals surface area contributed by atoms with Gasteiger partial charge in [-0.1, -0.05) is 12.1 Å². The first-order valence-electron chi connectivity index (χ1n) is 7.48. The number of likely N-dealkylation sites (N-methyl/N-ethyl adjacent to an activating group) is 1. The number of aryl methyl sites for hydroxylation is 3. The molecular weight excluding hydrogens is 278 g/mol. The molecule has 0 fully saturated rings. The van der Waals surface area contributed by atoms with Gasteiger partial charge in [-0.15, -0.1) is 0 Å². The zero-order valence-electron chi connectivity index (χ0n) is 13.4. The number of aliphatic hydroxyl groups is 1. The van der Waals surface area contributed by atoms with Crippen molar-refractivity contribution in [3.8, 4) is 5.69 Å². The van der Waals surface area contributed by atoms with Crippen LogP contribution in [0.15, 0.2) is 30.3 Å². The van der Waals surface area contributed by atoms with Gasteiger partial charge in [0.25, 0.3) is 0 Å². The molecule has 0 radical (unpaired) electrons. The summed E-state index contributed by atoms with van der Waals surface area (Å²) in [6.45, 7) is 4.39. The number of aliphatic hydroxyl groups excluding tert-OH is 1. The van der Waals surface area contributed by atoms with Crippen LogP contribution >= 0.6 is 0 Å². The second-order valence-electron chi connectivity index (χ2n) is 5.54. The third-order valence-corrected chi connectivity index (χ3v) is 3.68. The fourth-order valence-electron chi connectivity index (χ4n) is 2.41. The first-order chi connectivity index (χ1) is 10.5. The van der Waals surface area contributed by atoms with Crippen molar-refractivity contribution in [3.05, 3.63) is 47.3 Å². The minimum atomic E-state index is -0.000422. The van der Waals surface area contributed by atoms with Crippen LogP contribution in [-0.4, -0.2) is 45.9 Å². The summed E-state index contributed by atoms with van der Waals surface area (Å²) in [5, 5.41) is 13.3. The molecule has 2 aromatic rings. The third kappa shape index (κ3) is 3.95. The number of rotatable bonds is 6. The summed E-state index contributed by atoms with van der Waals surface area (Å²) in [6.07, 6.45) is 1.15. The van der Waals surface area contributed by atoms with E-state index in [0.717, 1.165) is 22.6 Å². The minimum absolute atomic E-state index is 0.000422. The van der Waals surface area contributed by atoms with E-state index in [-0.39, 0.29) is 12.5 Å². The van der Waals surface area contributed by atoms with Gasteiger partial charge >= 0.3 is 0 Å².